The van der Waals surface area contributed by atoms with Crippen molar-refractivity contribution >= 4 is 11.8 Å². The maximum atomic E-state index is 13.3. The Morgan fingerprint density at radius 1 is 1.21 bits per heavy atom. The zero-order valence-electron chi connectivity index (χ0n) is 15.6. The molecule has 0 saturated carbocycles. The van der Waals surface area contributed by atoms with Gasteiger partial charge in [0.1, 0.15) is 5.82 Å². The van der Waals surface area contributed by atoms with Gasteiger partial charge in [0.15, 0.2) is 5.82 Å². The van der Waals surface area contributed by atoms with Crippen molar-refractivity contribution in [1.82, 2.24) is 20.4 Å². The molecule has 7 nitrogen and oxygen atoms in total. The summed E-state index contributed by atoms with van der Waals surface area (Å²) >= 11 is 0. The van der Waals surface area contributed by atoms with E-state index in [1.165, 1.54) is 12.1 Å². The van der Waals surface area contributed by atoms with Gasteiger partial charge in [-0.15, -0.1) is 0 Å². The summed E-state index contributed by atoms with van der Waals surface area (Å²) in [5, 5.41) is 6.53. The zero-order chi connectivity index (χ0) is 20.2. The van der Waals surface area contributed by atoms with Crippen molar-refractivity contribution in [2.45, 2.75) is 25.9 Å². The highest BCUT2D eigenvalue weighted by Gasteiger charge is 2.20. The van der Waals surface area contributed by atoms with Gasteiger partial charge in [-0.1, -0.05) is 23.4 Å². The Balaban J connectivity index is 1.33. The molecule has 2 heterocycles. The van der Waals surface area contributed by atoms with E-state index in [9.17, 15) is 14.0 Å². The van der Waals surface area contributed by atoms with Crippen molar-refractivity contribution in [3.05, 3.63) is 71.3 Å². The van der Waals surface area contributed by atoms with Crippen molar-refractivity contribution in [3.8, 4) is 11.5 Å². The molecule has 3 aromatic rings. The van der Waals surface area contributed by atoms with Gasteiger partial charge >= 0.3 is 0 Å². The molecule has 1 saturated heterocycles. The van der Waals surface area contributed by atoms with Crippen LogP contribution in [0.1, 0.15) is 34.6 Å². The smallest absolute Gasteiger partial charge is 0.258 e. The first kappa shape index (κ1) is 18.8. The molecule has 0 unspecified atom stereocenters. The van der Waals surface area contributed by atoms with Crippen LogP contribution < -0.4 is 5.32 Å². The molecule has 0 spiro atoms. The van der Waals surface area contributed by atoms with E-state index in [1.807, 2.05) is 17.0 Å². The Bertz CT molecular complexity index is 1030. The largest absolute Gasteiger partial charge is 0.345 e. The SMILES string of the molecule is O=C(NCc1noc(-c2cccc(F)c2)n1)c1ccc(CN2CCCC2=O)cc1. The van der Waals surface area contributed by atoms with Crippen LogP contribution in [0.15, 0.2) is 53.1 Å². The third-order valence-corrected chi connectivity index (χ3v) is 4.71. The molecule has 0 atom stereocenters. The molecule has 1 aromatic heterocycles. The lowest BCUT2D eigenvalue weighted by Gasteiger charge is -2.15. The first-order chi connectivity index (χ1) is 14.1. The van der Waals surface area contributed by atoms with Gasteiger partial charge in [0.25, 0.3) is 11.8 Å². The normalized spacial score (nSPS) is 13.7. The minimum Gasteiger partial charge on any atom is -0.345 e. The molecule has 2 aromatic carbocycles. The molecule has 0 bridgehead atoms. The molecule has 1 N–H and O–H groups in total. The second kappa shape index (κ2) is 8.22. The molecule has 8 heteroatoms. The average molecular weight is 394 g/mol. The second-order valence-electron chi connectivity index (χ2n) is 6.82. The number of halogens is 1. The van der Waals surface area contributed by atoms with Crippen molar-refractivity contribution in [3.63, 3.8) is 0 Å². The molecule has 148 valence electrons. The summed E-state index contributed by atoms with van der Waals surface area (Å²) in [7, 11) is 0. The van der Waals surface area contributed by atoms with Crippen molar-refractivity contribution < 1.29 is 18.5 Å². The van der Waals surface area contributed by atoms with Gasteiger partial charge in [0, 0.05) is 30.6 Å². The van der Waals surface area contributed by atoms with E-state index < -0.39 is 5.82 Å². The quantitative estimate of drug-likeness (QED) is 0.695. The summed E-state index contributed by atoms with van der Waals surface area (Å²) in [4.78, 5) is 30.0. The number of carbonyl (C=O) groups excluding carboxylic acids is 2. The molecule has 1 aliphatic rings. The van der Waals surface area contributed by atoms with Gasteiger partial charge < -0.3 is 14.7 Å². The maximum Gasteiger partial charge on any atom is 0.258 e. The van der Waals surface area contributed by atoms with E-state index in [0.717, 1.165) is 18.5 Å². The van der Waals surface area contributed by atoms with Crippen LogP contribution >= 0.6 is 0 Å². The Morgan fingerprint density at radius 2 is 2.03 bits per heavy atom. The highest BCUT2D eigenvalue weighted by Crippen LogP contribution is 2.18. The number of carbonyl (C=O) groups is 2. The van der Waals surface area contributed by atoms with Crippen LogP contribution in [-0.4, -0.2) is 33.4 Å². The first-order valence-electron chi connectivity index (χ1n) is 9.32. The zero-order valence-corrected chi connectivity index (χ0v) is 15.6. The number of benzene rings is 2. The van der Waals surface area contributed by atoms with Crippen LogP contribution in [0.4, 0.5) is 4.39 Å². The van der Waals surface area contributed by atoms with Gasteiger partial charge in [-0.3, -0.25) is 9.59 Å². The van der Waals surface area contributed by atoms with E-state index in [0.29, 0.717) is 29.9 Å². The van der Waals surface area contributed by atoms with Crippen LogP contribution in [0.2, 0.25) is 0 Å². The number of likely N-dealkylation sites (tertiary alicyclic amines) is 1. The fourth-order valence-electron chi connectivity index (χ4n) is 3.18. The average Bonchev–Trinajstić information content (AvgIpc) is 3.36. The van der Waals surface area contributed by atoms with Crippen LogP contribution in [0.3, 0.4) is 0 Å². The second-order valence-corrected chi connectivity index (χ2v) is 6.82. The number of rotatable bonds is 6. The summed E-state index contributed by atoms with van der Waals surface area (Å²) in [6.07, 6.45) is 1.51. The standard InChI is InChI=1S/C21H19FN4O3/c22-17-4-1-3-16(11-17)21-24-18(25-29-21)12-23-20(28)15-8-6-14(7-9-15)13-26-10-2-5-19(26)27/h1,3-4,6-9,11H,2,5,10,12-13H2,(H,23,28). The minimum absolute atomic E-state index is 0.0850. The van der Waals surface area contributed by atoms with Gasteiger partial charge in [-0.05, 0) is 42.3 Å². The number of nitrogens with one attached hydrogen (secondary N) is 1. The monoisotopic (exact) mass is 394 g/mol. The predicted octanol–water partition coefficient (Wildman–Crippen LogP) is 2.93. The maximum absolute atomic E-state index is 13.3. The van der Waals surface area contributed by atoms with E-state index in [2.05, 4.69) is 15.5 Å². The summed E-state index contributed by atoms with van der Waals surface area (Å²) in [5.74, 6) is -0.0140. The third kappa shape index (κ3) is 4.48. The van der Waals surface area contributed by atoms with Gasteiger partial charge in [-0.2, -0.15) is 4.98 Å². The summed E-state index contributed by atoms with van der Waals surface area (Å²) in [6, 6.07) is 13.0. The summed E-state index contributed by atoms with van der Waals surface area (Å²) < 4.78 is 18.4. The number of hydrogen-bond acceptors (Lipinski definition) is 5. The van der Waals surface area contributed by atoms with E-state index in [4.69, 9.17) is 4.52 Å². The van der Waals surface area contributed by atoms with E-state index in [1.54, 1.807) is 24.3 Å². The van der Waals surface area contributed by atoms with Gasteiger partial charge in [0.05, 0.1) is 6.54 Å². The molecule has 1 fully saturated rings. The Morgan fingerprint density at radius 3 is 2.76 bits per heavy atom. The van der Waals surface area contributed by atoms with Gasteiger partial charge in [-0.25, -0.2) is 4.39 Å². The molecule has 2 amide bonds. The van der Waals surface area contributed by atoms with Crippen LogP contribution in [0.25, 0.3) is 11.5 Å². The van der Waals surface area contributed by atoms with E-state index in [-0.39, 0.29) is 24.2 Å². The van der Waals surface area contributed by atoms with Gasteiger partial charge in [0.2, 0.25) is 5.91 Å². The topological polar surface area (TPSA) is 88.3 Å². The highest BCUT2D eigenvalue weighted by molar-refractivity contribution is 5.94. The highest BCUT2D eigenvalue weighted by atomic mass is 19.1. The van der Waals surface area contributed by atoms with Crippen LogP contribution in [0.5, 0.6) is 0 Å². The molecular formula is C21H19FN4O3. The molecule has 0 aliphatic carbocycles. The first-order valence-corrected chi connectivity index (χ1v) is 9.32. The van der Waals surface area contributed by atoms with Crippen molar-refractivity contribution in [2.75, 3.05) is 6.54 Å². The molecule has 0 radical (unpaired) electrons. The Hall–Kier alpha value is -3.55. The third-order valence-electron chi connectivity index (χ3n) is 4.71. The van der Waals surface area contributed by atoms with Crippen LogP contribution in [0, 0.1) is 5.82 Å². The van der Waals surface area contributed by atoms with Crippen molar-refractivity contribution in [1.29, 1.82) is 0 Å². The van der Waals surface area contributed by atoms with Crippen LogP contribution in [-0.2, 0) is 17.9 Å². The fourth-order valence-corrected chi connectivity index (χ4v) is 3.18. The summed E-state index contributed by atoms with van der Waals surface area (Å²) in [6.45, 7) is 1.43. The number of nitrogens with zero attached hydrogens (tertiary/aromatic N) is 3. The fraction of sp³-hybridized carbons (Fsp3) is 0.238. The lowest BCUT2D eigenvalue weighted by molar-refractivity contribution is -0.128. The number of aromatic nitrogens is 2. The molecule has 1 aliphatic heterocycles. The number of amides is 2. The van der Waals surface area contributed by atoms with Crippen molar-refractivity contribution in [2.24, 2.45) is 0 Å². The molecular weight excluding hydrogens is 375 g/mol. The number of hydrogen-bond donors (Lipinski definition) is 1. The summed E-state index contributed by atoms with van der Waals surface area (Å²) in [5.41, 5.74) is 1.95. The minimum atomic E-state index is -0.395. The van der Waals surface area contributed by atoms with E-state index >= 15 is 0 Å². The molecule has 4 rings (SSSR count). The molecule has 29 heavy (non-hydrogen) atoms. The Labute approximate surface area is 166 Å². The predicted molar refractivity (Wildman–Crippen MR) is 102 cm³/mol. The Kier molecular flexibility index (Phi) is 5.33. The lowest BCUT2D eigenvalue weighted by atomic mass is 10.1. The lowest BCUT2D eigenvalue weighted by Crippen LogP contribution is -2.24.